The molecule has 0 aliphatic carbocycles. The number of halogens is 1. The molecule has 0 aromatic heterocycles. The molecule has 1 heteroatoms. The highest BCUT2D eigenvalue weighted by Gasteiger charge is 2.03. The molecule has 0 radical (unpaired) electrons. The van der Waals surface area contributed by atoms with Crippen LogP contribution in [0, 0.1) is 0 Å². The van der Waals surface area contributed by atoms with Crippen LogP contribution in [-0.2, 0) is 0 Å². The highest BCUT2D eigenvalue weighted by molar-refractivity contribution is 14.1. The van der Waals surface area contributed by atoms with Crippen molar-refractivity contribution in [3.8, 4) is 0 Å². The van der Waals surface area contributed by atoms with Gasteiger partial charge in [0.25, 0.3) is 0 Å². The van der Waals surface area contributed by atoms with E-state index in [1.807, 2.05) is 6.92 Å². The average molecular weight is 210 g/mol. The zero-order chi connectivity index (χ0) is 5.91. The van der Waals surface area contributed by atoms with E-state index in [4.69, 9.17) is 0 Å². The predicted molar refractivity (Wildman–Crippen MR) is 42.9 cm³/mol. The molecule has 0 spiro atoms. The number of hydrogen-bond acceptors (Lipinski definition) is 0. The van der Waals surface area contributed by atoms with E-state index in [0.29, 0.717) is 3.42 Å². The Hall–Kier alpha value is 0.470. The quantitative estimate of drug-likeness (QED) is 0.354. The summed E-state index contributed by atoms with van der Waals surface area (Å²) in [5, 5.41) is 0. The van der Waals surface area contributed by atoms with Gasteiger partial charge in [-0.2, -0.15) is 0 Å². The maximum Gasteiger partial charge on any atom is 0.0344 e. The minimum atomic E-state index is 0.340. The molecule has 0 unspecified atom stereocenters. The second kappa shape index (κ2) is 2.70. The van der Waals surface area contributed by atoms with Crippen LogP contribution in [0.1, 0.15) is 20.8 Å². The predicted octanol–water partition coefficient (Wildman–Crippen LogP) is 2.78. The molecule has 0 nitrogen and oxygen atoms in total. The fourth-order valence-electron chi connectivity index (χ4n) is 0.396. The van der Waals surface area contributed by atoms with Crippen molar-refractivity contribution in [1.82, 2.24) is 0 Å². The smallest absolute Gasteiger partial charge is 0.0344 e. The molecule has 0 aromatic rings. The maximum absolute atomic E-state index is 2.39. The van der Waals surface area contributed by atoms with Crippen molar-refractivity contribution in [3.63, 3.8) is 0 Å². The van der Waals surface area contributed by atoms with Crippen LogP contribution in [-0.4, -0.2) is 3.42 Å². The lowest BCUT2D eigenvalue weighted by Crippen LogP contribution is -2.01. The van der Waals surface area contributed by atoms with Gasteiger partial charge in [0.1, 0.15) is 0 Å². The van der Waals surface area contributed by atoms with Crippen molar-refractivity contribution in [1.29, 1.82) is 0 Å². The summed E-state index contributed by atoms with van der Waals surface area (Å²) in [6.07, 6.45) is 4.25. The molecule has 7 heavy (non-hydrogen) atoms. The van der Waals surface area contributed by atoms with Crippen molar-refractivity contribution >= 4 is 22.6 Å². The van der Waals surface area contributed by atoms with Gasteiger partial charge in [0, 0.05) is 3.42 Å². The van der Waals surface area contributed by atoms with Crippen LogP contribution < -0.4 is 0 Å². The van der Waals surface area contributed by atoms with Crippen LogP contribution in [0.2, 0.25) is 0 Å². The summed E-state index contributed by atoms with van der Waals surface area (Å²) >= 11 is 2.39. The number of hydrogen-bond donors (Lipinski definition) is 0. The minimum Gasteiger partial charge on any atom is -0.0904 e. The molecule has 0 atom stereocenters. The molecule has 42 valence electrons. The van der Waals surface area contributed by atoms with Crippen molar-refractivity contribution < 1.29 is 0 Å². The summed E-state index contributed by atoms with van der Waals surface area (Å²) in [4.78, 5) is 0. The van der Waals surface area contributed by atoms with Crippen LogP contribution >= 0.6 is 22.6 Å². The standard InChI is InChI=1S/C6H11I/c1-4-5-6(2,3)7/h4-5H,1-3H3/b5-4+. The Balaban J connectivity index is 3.56. The molecule has 0 aliphatic rings. The first-order chi connectivity index (χ1) is 3.06. The molecule has 0 N–H and O–H groups in total. The Morgan fingerprint density at radius 1 is 1.43 bits per heavy atom. The summed E-state index contributed by atoms with van der Waals surface area (Å²) in [6, 6.07) is 0. The van der Waals surface area contributed by atoms with E-state index in [1.165, 1.54) is 0 Å². The fraction of sp³-hybridized carbons (Fsp3) is 0.667. The van der Waals surface area contributed by atoms with Crippen LogP contribution in [0.4, 0.5) is 0 Å². The van der Waals surface area contributed by atoms with E-state index >= 15 is 0 Å². The van der Waals surface area contributed by atoms with Gasteiger partial charge >= 0.3 is 0 Å². The molecular formula is C6H11I. The Morgan fingerprint density at radius 3 is 1.86 bits per heavy atom. The van der Waals surface area contributed by atoms with Gasteiger partial charge in [0.15, 0.2) is 0 Å². The number of allylic oxidation sites excluding steroid dienone is 2. The Morgan fingerprint density at radius 2 is 1.86 bits per heavy atom. The topological polar surface area (TPSA) is 0 Å². The van der Waals surface area contributed by atoms with Crippen molar-refractivity contribution in [3.05, 3.63) is 12.2 Å². The molecule has 0 aromatic carbocycles. The van der Waals surface area contributed by atoms with Gasteiger partial charge in [-0.3, -0.25) is 0 Å². The first-order valence-corrected chi connectivity index (χ1v) is 3.47. The van der Waals surface area contributed by atoms with E-state index in [2.05, 4.69) is 48.6 Å². The summed E-state index contributed by atoms with van der Waals surface area (Å²) in [5.74, 6) is 0. The molecule has 0 amide bonds. The summed E-state index contributed by atoms with van der Waals surface area (Å²) in [5.41, 5.74) is 0. The van der Waals surface area contributed by atoms with Crippen LogP contribution in [0.25, 0.3) is 0 Å². The van der Waals surface area contributed by atoms with Crippen molar-refractivity contribution in [2.75, 3.05) is 0 Å². The third kappa shape index (κ3) is 6.47. The van der Waals surface area contributed by atoms with Crippen LogP contribution in [0.15, 0.2) is 12.2 Å². The first kappa shape index (κ1) is 7.47. The molecule has 0 saturated heterocycles. The largest absolute Gasteiger partial charge is 0.0904 e. The highest BCUT2D eigenvalue weighted by atomic mass is 127. The van der Waals surface area contributed by atoms with Gasteiger partial charge in [0.05, 0.1) is 0 Å². The van der Waals surface area contributed by atoms with Crippen molar-refractivity contribution in [2.45, 2.75) is 24.2 Å². The number of rotatable bonds is 1. The monoisotopic (exact) mass is 210 g/mol. The van der Waals surface area contributed by atoms with Crippen LogP contribution in [0.3, 0.4) is 0 Å². The molecular weight excluding hydrogens is 199 g/mol. The van der Waals surface area contributed by atoms with Gasteiger partial charge in [-0.05, 0) is 20.8 Å². The third-order valence-corrected chi connectivity index (χ3v) is 0.923. The summed E-state index contributed by atoms with van der Waals surface area (Å²) in [6.45, 7) is 6.39. The fourth-order valence-corrected chi connectivity index (χ4v) is 0.756. The zero-order valence-electron chi connectivity index (χ0n) is 5.03. The normalized spacial score (nSPS) is 13.1. The molecule has 0 fully saturated rings. The molecule has 0 heterocycles. The summed E-state index contributed by atoms with van der Waals surface area (Å²) in [7, 11) is 0. The second-order valence-corrected chi connectivity index (χ2v) is 4.84. The lowest BCUT2D eigenvalue weighted by Gasteiger charge is -2.06. The average Bonchev–Trinajstić information content (AvgIpc) is 1.30. The molecule has 0 saturated carbocycles. The second-order valence-electron chi connectivity index (χ2n) is 2.06. The number of alkyl halides is 1. The van der Waals surface area contributed by atoms with E-state index in [0.717, 1.165) is 0 Å². The van der Waals surface area contributed by atoms with E-state index in [-0.39, 0.29) is 0 Å². The maximum atomic E-state index is 2.39. The lowest BCUT2D eigenvalue weighted by atomic mass is 10.2. The SMILES string of the molecule is C/C=C/C(C)(C)I. The van der Waals surface area contributed by atoms with E-state index in [9.17, 15) is 0 Å². The molecule has 0 rings (SSSR count). The highest BCUT2D eigenvalue weighted by Crippen LogP contribution is 2.17. The van der Waals surface area contributed by atoms with Gasteiger partial charge in [0.2, 0.25) is 0 Å². The Kier molecular flexibility index (Phi) is 2.88. The van der Waals surface area contributed by atoms with E-state index in [1.54, 1.807) is 0 Å². The molecule has 0 bridgehead atoms. The molecule has 0 aliphatic heterocycles. The van der Waals surface area contributed by atoms with Gasteiger partial charge in [-0.25, -0.2) is 0 Å². The van der Waals surface area contributed by atoms with Crippen molar-refractivity contribution in [2.24, 2.45) is 0 Å². The third-order valence-electron chi connectivity index (χ3n) is 0.563. The zero-order valence-corrected chi connectivity index (χ0v) is 7.19. The van der Waals surface area contributed by atoms with Gasteiger partial charge in [-0.1, -0.05) is 34.7 Å². The van der Waals surface area contributed by atoms with Gasteiger partial charge < -0.3 is 0 Å². The van der Waals surface area contributed by atoms with Crippen LogP contribution in [0.5, 0.6) is 0 Å². The Labute approximate surface area is 59.1 Å². The van der Waals surface area contributed by atoms with E-state index < -0.39 is 0 Å². The minimum absolute atomic E-state index is 0.340. The first-order valence-electron chi connectivity index (χ1n) is 2.39. The lowest BCUT2D eigenvalue weighted by molar-refractivity contribution is 0.942. The summed E-state index contributed by atoms with van der Waals surface area (Å²) < 4.78 is 0.340. The Bertz CT molecular complexity index is 66.7. The van der Waals surface area contributed by atoms with Gasteiger partial charge in [-0.15, -0.1) is 0 Å².